The van der Waals surface area contributed by atoms with Crippen LogP contribution in [0, 0.1) is 0 Å². The number of hydrogen-bond donors (Lipinski definition) is 3. The predicted octanol–water partition coefficient (Wildman–Crippen LogP) is -0.0232. The molecule has 0 aromatic heterocycles. The molecular formula is C9H20N4O3. The fourth-order valence-electron chi connectivity index (χ4n) is 0.706. The quantitative estimate of drug-likeness (QED) is 0.275. The highest BCUT2D eigenvalue weighted by atomic mass is 16.6. The van der Waals surface area contributed by atoms with Crippen LogP contribution in [-0.4, -0.2) is 37.9 Å². The van der Waals surface area contributed by atoms with E-state index in [0.717, 1.165) is 0 Å². The van der Waals surface area contributed by atoms with Crippen molar-refractivity contribution >= 4 is 12.1 Å². The number of nitrogens with zero attached hydrogens (tertiary/aromatic N) is 1. The second-order valence-electron chi connectivity index (χ2n) is 3.94. The summed E-state index contributed by atoms with van der Waals surface area (Å²) in [7, 11) is 1.51. The minimum absolute atomic E-state index is 0.169. The second-order valence-corrected chi connectivity index (χ2v) is 3.94. The van der Waals surface area contributed by atoms with E-state index in [-0.39, 0.29) is 5.96 Å². The number of amides is 1. The maximum absolute atomic E-state index is 11.3. The topological polar surface area (TPSA) is 98.0 Å². The van der Waals surface area contributed by atoms with E-state index in [9.17, 15) is 4.79 Å². The van der Waals surface area contributed by atoms with Crippen molar-refractivity contribution in [1.29, 1.82) is 0 Å². The molecule has 0 rings (SSSR count). The van der Waals surface area contributed by atoms with Crippen molar-refractivity contribution in [3.63, 3.8) is 0 Å². The zero-order valence-corrected chi connectivity index (χ0v) is 10.2. The standard InChI is InChI=1S/C9H20N4O3/c1-9(2,3)16-8(14)12-7(11-4)13-15-6-5-10/h5-6,10H2,1-4H3,(H2,11,12,13,14). The maximum atomic E-state index is 11.3. The number of carbonyl (C=O) groups excluding carboxylic acids is 1. The molecule has 0 radical (unpaired) electrons. The molecule has 0 fully saturated rings. The Morgan fingerprint density at radius 3 is 2.50 bits per heavy atom. The number of nitrogens with one attached hydrogen (secondary N) is 2. The van der Waals surface area contributed by atoms with Gasteiger partial charge in [0.25, 0.3) is 0 Å². The number of ether oxygens (including phenoxy) is 1. The van der Waals surface area contributed by atoms with E-state index in [1.165, 1.54) is 7.05 Å². The average Bonchev–Trinajstić information content (AvgIpc) is 2.13. The van der Waals surface area contributed by atoms with Gasteiger partial charge in [-0.3, -0.25) is 15.1 Å². The first-order chi connectivity index (χ1) is 7.39. The summed E-state index contributed by atoms with van der Waals surface area (Å²) in [5.41, 5.74) is 7.11. The molecule has 0 unspecified atom stereocenters. The van der Waals surface area contributed by atoms with Gasteiger partial charge in [-0.25, -0.2) is 10.3 Å². The molecule has 16 heavy (non-hydrogen) atoms. The number of rotatable bonds is 3. The molecule has 0 saturated carbocycles. The van der Waals surface area contributed by atoms with E-state index >= 15 is 0 Å². The minimum atomic E-state index is -0.600. The third-order valence-electron chi connectivity index (χ3n) is 1.23. The zero-order chi connectivity index (χ0) is 12.6. The Hall–Kier alpha value is -1.34. The Kier molecular flexibility index (Phi) is 6.43. The molecule has 0 aliphatic heterocycles. The van der Waals surface area contributed by atoms with Crippen LogP contribution in [0.15, 0.2) is 4.99 Å². The zero-order valence-electron chi connectivity index (χ0n) is 10.2. The predicted molar refractivity (Wildman–Crippen MR) is 60.9 cm³/mol. The first-order valence-electron chi connectivity index (χ1n) is 4.93. The summed E-state index contributed by atoms with van der Waals surface area (Å²) in [6.45, 7) is 6.00. The smallest absolute Gasteiger partial charge is 0.414 e. The summed E-state index contributed by atoms with van der Waals surface area (Å²) in [6.07, 6.45) is -0.600. The maximum Gasteiger partial charge on any atom is 0.414 e. The van der Waals surface area contributed by atoms with Crippen LogP contribution < -0.4 is 16.5 Å². The van der Waals surface area contributed by atoms with Gasteiger partial charge in [-0.2, -0.15) is 0 Å². The number of nitrogens with two attached hydrogens (primary N) is 1. The van der Waals surface area contributed by atoms with Crippen LogP contribution in [0.25, 0.3) is 0 Å². The molecule has 0 spiro atoms. The van der Waals surface area contributed by atoms with Gasteiger partial charge < -0.3 is 10.5 Å². The number of guanidine groups is 1. The first kappa shape index (κ1) is 14.7. The van der Waals surface area contributed by atoms with Gasteiger partial charge in [0.05, 0.1) is 6.61 Å². The van der Waals surface area contributed by atoms with Crippen LogP contribution in [0.4, 0.5) is 4.79 Å². The van der Waals surface area contributed by atoms with Gasteiger partial charge in [0.15, 0.2) is 0 Å². The summed E-state index contributed by atoms with van der Waals surface area (Å²) in [5.74, 6) is 0.169. The molecule has 0 heterocycles. The Morgan fingerprint density at radius 1 is 1.44 bits per heavy atom. The molecule has 7 heteroatoms. The largest absolute Gasteiger partial charge is 0.444 e. The Bertz CT molecular complexity index is 248. The highest BCUT2D eigenvalue weighted by Crippen LogP contribution is 2.06. The summed E-state index contributed by atoms with van der Waals surface area (Å²) < 4.78 is 5.03. The lowest BCUT2D eigenvalue weighted by atomic mass is 10.2. The van der Waals surface area contributed by atoms with Gasteiger partial charge >= 0.3 is 6.09 Å². The molecule has 0 atom stereocenters. The molecule has 0 saturated heterocycles. The fraction of sp³-hybridized carbons (Fsp3) is 0.778. The van der Waals surface area contributed by atoms with Crippen molar-refractivity contribution < 1.29 is 14.4 Å². The second kappa shape index (κ2) is 7.02. The SMILES string of the molecule is CN=C(NOCCN)NC(=O)OC(C)(C)C. The molecular weight excluding hydrogens is 212 g/mol. The van der Waals surface area contributed by atoms with Gasteiger partial charge in [0.1, 0.15) is 5.60 Å². The Morgan fingerprint density at radius 2 is 2.06 bits per heavy atom. The monoisotopic (exact) mass is 232 g/mol. The normalized spacial score (nSPS) is 12.2. The summed E-state index contributed by atoms with van der Waals surface area (Å²) >= 11 is 0. The van der Waals surface area contributed by atoms with Crippen LogP contribution in [-0.2, 0) is 9.57 Å². The van der Waals surface area contributed by atoms with Crippen molar-refractivity contribution in [2.45, 2.75) is 26.4 Å². The van der Waals surface area contributed by atoms with E-state index < -0.39 is 11.7 Å². The molecule has 0 aliphatic carbocycles. The number of carbonyl (C=O) groups is 1. The lowest BCUT2D eigenvalue weighted by Gasteiger charge is -2.20. The molecule has 0 bridgehead atoms. The van der Waals surface area contributed by atoms with Crippen LogP contribution in [0.2, 0.25) is 0 Å². The highest BCUT2D eigenvalue weighted by Gasteiger charge is 2.17. The van der Waals surface area contributed by atoms with Gasteiger partial charge in [-0.1, -0.05) is 0 Å². The van der Waals surface area contributed by atoms with E-state index in [1.807, 2.05) is 0 Å². The van der Waals surface area contributed by atoms with Gasteiger partial charge in [0.2, 0.25) is 5.96 Å². The lowest BCUT2D eigenvalue weighted by Crippen LogP contribution is -2.43. The van der Waals surface area contributed by atoms with Crippen LogP contribution in [0.1, 0.15) is 20.8 Å². The minimum Gasteiger partial charge on any atom is -0.444 e. The summed E-state index contributed by atoms with van der Waals surface area (Å²) in [6, 6.07) is 0. The van der Waals surface area contributed by atoms with E-state index in [1.54, 1.807) is 20.8 Å². The fourth-order valence-corrected chi connectivity index (χ4v) is 0.706. The molecule has 0 aliphatic rings. The van der Waals surface area contributed by atoms with Gasteiger partial charge in [0, 0.05) is 13.6 Å². The van der Waals surface area contributed by atoms with Crippen molar-refractivity contribution in [1.82, 2.24) is 10.8 Å². The number of hydrogen-bond acceptors (Lipinski definition) is 5. The third kappa shape index (κ3) is 8.01. The molecule has 7 nitrogen and oxygen atoms in total. The molecule has 94 valence electrons. The van der Waals surface area contributed by atoms with Crippen LogP contribution in [0.3, 0.4) is 0 Å². The lowest BCUT2D eigenvalue weighted by molar-refractivity contribution is 0.0532. The first-order valence-corrected chi connectivity index (χ1v) is 4.93. The molecule has 0 aromatic rings. The number of hydroxylamine groups is 1. The van der Waals surface area contributed by atoms with Crippen molar-refractivity contribution in [2.75, 3.05) is 20.2 Å². The average molecular weight is 232 g/mol. The van der Waals surface area contributed by atoms with E-state index in [0.29, 0.717) is 13.2 Å². The molecule has 1 amide bonds. The summed E-state index contributed by atoms with van der Waals surface area (Å²) in [5, 5.41) is 2.39. The highest BCUT2D eigenvalue weighted by molar-refractivity contribution is 5.93. The Labute approximate surface area is 95.3 Å². The Balaban J connectivity index is 3.99. The number of alkyl carbamates (subject to hydrolysis) is 1. The molecule has 0 aromatic carbocycles. The van der Waals surface area contributed by atoms with Crippen molar-refractivity contribution in [3.05, 3.63) is 0 Å². The molecule has 4 N–H and O–H groups in total. The van der Waals surface area contributed by atoms with Crippen LogP contribution in [0.5, 0.6) is 0 Å². The van der Waals surface area contributed by atoms with Gasteiger partial charge in [-0.15, -0.1) is 0 Å². The van der Waals surface area contributed by atoms with Crippen molar-refractivity contribution in [3.8, 4) is 0 Å². The van der Waals surface area contributed by atoms with Crippen molar-refractivity contribution in [2.24, 2.45) is 10.7 Å². The van der Waals surface area contributed by atoms with E-state index in [4.69, 9.17) is 15.3 Å². The van der Waals surface area contributed by atoms with Crippen LogP contribution >= 0.6 is 0 Å². The number of aliphatic imine (C=N–C) groups is 1. The van der Waals surface area contributed by atoms with Gasteiger partial charge in [-0.05, 0) is 20.8 Å². The van der Waals surface area contributed by atoms with E-state index in [2.05, 4.69) is 15.8 Å². The summed E-state index contributed by atoms with van der Waals surface area (Å²) in [4.78, 5) is 20.0. The third-order valence-corrected chi connectivity index (χ3v) is 1.23.